The molecule has 3 aromatic carbocycles. The quantitative estimate of drug-likeness (QED) is 0.192. The normalized spacial score (nSPS) is 14.8. The van der Waals surface area contributed by atoms with Crippen LogP contribution in [0.25, 0.3) is 11.3 Å². The van der Waals surface area contributed by atoms with Crippen LogP contribution in [0, 0.1) is 0 Å². The van der Waals surface area contributed by atoms with Gasteiger partial charge in [0, 0.05) is 24.6 Å². The number of piperidine rings is 1. The van der Waals surface area contributed by atoms with Gasteiger partial charge < -0.3 is 29.6 Å². The third-order valence-corrected chi connectivity index (χ3v) is 7.72. The summed E-state index contributed by atoms with van der Waals surface area (Å²) in [6, 6.07) is 26.7. The number of hydrogen-bond acceptors (Lipinski definition) is 8. The molecule has 9 heteroatoms. The van der Waals surface area contributed by atoms with Crippen molar-refractivity contribution in [2.75, 3.05) is 25.9 Å². The highest BCUT2D eigenvalue weighted by molar-refractivity contribution is 5.97. The summed E-state index contributed by atoms with van der Waals surface area (Å²) in [6.07, 6.45) is 1.08. The summed E-state index contributed by atoms with van der Waals surface area (Å²) < 4.78 is 22.9. The molecule has 1 aliphatic heterocycles. The van der Waals surface area contributed by atoms with Crippen LogP contribution >= 0.6 is 0 Å². The molecule has 0 radical (unpaired) electrons. The summed E-state index contributed by atoms with van der Waals surface area (Å²) in [4.78, 5) is 33.1. The molecule has 2 heterocycles. The average Bonchev–Trinajstić information content (AvgIpc) is 3.06. The number of benzene rings is 3. The standard InChI is InChI=1S/C37H41N3O6/c1-37(2,3)46-35(41)33-30(27-13-10-20-40(22-27)36(42)45-24-25-11-6-5-7-12-25)21-31(39-34(33)38)29-14-8-9-15-32(29)44-23-26-16-18-28(43-4)19-17-26/h5-9,11-12,14-19,21,27H,10,13,20,22-24H2,1-4H3,(H2,38,39). The Hall–Kier alpha value is -5.05. The molecule has 46 heavy (non-hydrogen) atoms. The first-order valence-corrected chi connectivity index (χ1v) is 15.5. The predicted octanol–water partition coefficient (Wildman–Crippen LogP) is 7.39. The smallest absolute Gasteiger partial charge is 0.410 e. The largest absolute Gasteiger partial charge is 0.497 e. The van der Waals surface area contributed by atoms with Crippen LogP contribution in [-0.2, 0) is 22.7 Å². The minimum Gasteiger partial charge on any atom is -0.497 e. The second-order valence-corrected chi connectivity index (χ2v) is 12.3. The molecule has 0 spiro atoms. The number of likely N-dealkylation sites (tertiary alicyclic amines) is 1. The third-order valence-electron chi connectivity index (χ3n) is 7.72. The number of amides is 1. The second kappa shape index (κ2) is 14.4. The maximum absolute atomic E-state index is 13.6. The Balaban J connectivity index is 1.44. The summed E-state index contributed by atoms with van der Waals surface area (Å²) in [6.45, 7) is 6.87. The van der Waals surface area contributed by atoms with Gasteiger partial charge >= 0.3 is 12.1 Å². The van der Waals surface area contributed by atoms with Gasteiger partial charge in [-0.15, -0.1) is 0 Å². The number of esters is 1. The Morgan fingerprint density at radius 1 is 0.935 bits per heavy atom. The van der Waals surface area contributed by atoms with Crippen LogP contribution < -0.4 is 15.2 Å². The number of aromatic nitrogens is 1. The van der Waals surface area contributed by atoms with Crippen LogP contribution in [-0.4, -0.2) is 47.7 Å². The molecule has 4 aromatic rings. The molecule has 9 nitrogen and oxygen atoms in total. The van der Waals surface area contributed by atoms with E-state index in [0.29, 0.717) is 36.7 Å². The lowest BCUT2D eigenvalue weighted by molar-refractivity contribution is 0.00683. The van der Waals surface area contributed by atoms with Crippen molar-refractivity contribution in [2.24, 2.45) is 0 Å². The van der Waals surface area contributed by atoms with Crippen molar-refractivity contribution >= 4 is 17.9 Å². The Morgan fingerprint density at radius 3 is 2.35 bits per heavy atom. The number of carbonyl (C=O) groups excluding carboxylic acids is 2. The number of nitrogens with two attached hydrogens (primary N) is 1. The van der Waals surface area contributed by atoms with Crippen LogP contribution in [0.2, 0.25) is 0 Å². The van der Waals surface area contributed by atoms with E-state index in [1.165, 1.54) is 0 Å². The van der Waals surface area contributed by atoms with E-state index >= 15 is 0 Å². The number of carbonyl (C=O) groups is 2. The van der Waals surface area contributed by atoms with Crippen molar-refractivity contribution in [3.63, 3.8) is 0 Å². The van der Waals surface area contributed by atoms with Crippen molar-refractivity contribution in [1.29, 1.82) is 0 Å². The Labute approximate surface area is 270 Å². The highest BCUT2D eigenvalue weighted by atomic mass is 16.6. The molecule has 240 valence electrons. The zero-order valence-corrected chi connectivity index (χ0v) is 26.8. The average molecular weight is 624 g/mol. The van der Waals surface area contributed by atoms with E-state index < -0.39 is 17.7 Å². The maximum atomic E-state index is 13.6. The minimum atomic E-state index is -0.735. The molecule has 2 N–H and O–H groups in total. The fourth-order valence-electron chi connectivity index (χ4n) is 5.49. The van der Waals surface area contributed by atoms with Gasteiger partial charge in [0.25, 0.3) is 0 Å². The molecule has 1 aromatic heterocycles. The monoisotopic (exact) mass is 623 g/mol. The van der Waals surface area contributed by atoms with Crippen LogP contribution in [0.5, 0.6) is 11.5 Å². The molecule has 0 bridgehead atoms. The molecule has 1 atom stereocenters. The molecule has 1 amide bonds. The molecule has 5 rings (SSSR count). The van der Waals surface area contributed by atoms with E-state index in [0.717, 1.165) is 35.3 Å². The zero-order valence-electron chi connectivity index (χ0n) is 26.8. The van der Waals surface area contributed by atoms with E-state index in [4.69, 9.17) is 24.7 Å². The van der Waals surface area contributed by atoms with E-state index in [1.807, 2.05) is 106 Å². The first-order valence-electron chi connectivity index (χ1n) is 15.5. The number of hydrogen-bond donors (Lipinski definition) is 1. The van der Waals surface area contributed by atoms with Crippen molar-refractivity contribution in [2.45, 2.75) is 58.3 Å². The maximum Gasteiger partial charge on any atom is 0.410 e. The number of ether oxygens (including phenoxy) is 4. The summed E-state index contributed by atoms with van der Waals surface area (Å²) >= 11 is 0. The lowest BCUT2D eigenvalue weighted by Gasteiger charge is -2.33. The molecular formula is C37H41N3O6. The molecular weight excluding hydrogens is 582 g/mol. The summed E-state index contributed by atoms with van der Waals surface area (Å²) in [5.74, 6) is 0.711. The van der Waals surface area contributed by atoms with Crippen molar-refractivity contribution < 1.29 is 28.5 Å². The highest BCUT2D eigenvalue weighted by Crippen LogP contribution is 2.38. The van der Waals surface area contributed by atoms with Gasteiger partial charge in [0.15, 0.2) is 0 Å². The van der Waals surface area contributed by atoms with Gasteiger partial charge in [-0.05, 0) is 80.6 Å². The minimum absolute atomic E-state index is 0.0653. The number of nitrogen functional groups attached to an aromatic ring is 1. The molecule has 0 saturated carbocycles. The summed E-state index contributed by atoms with van der Waals surface area (Å²) in [5, 5.41) is 0. The van der Waals surface area contributed by atoms with Crippen molar-refractivity contribution in [3.8, 4) is 22.8 Å². The number of methoxy groups -OCH3 is 1. The van der Waals surface area contributed by atoms with E-state index in [9.17, 15) is 9.59 Å². The van der Waals surface area contributed by atoms with Crippen LogP contribution in [0.1, 0.15) is 66.6 Å². The summed E-state index contributed by atoms with van der Waals surface area (Å²) in [7, 11) is 1.63. The molecule has 1 aliphatic rings. The topological polar surface area (TPSA) is 113 Å². The van der Waals surface area contributed by atoms with Crippen molar-refractivity contribution in [3.05, 3.63) is 107 Å². The van der Waals surface area contributed by atoms with Crippen LogP contribution in [0.4, 0.5) is 10.6 Å². The first kappa shape index (κ1) is 32.3. The fourth-order valence-corrected chi connectivity index (χ4v) is 5.49. The molecule has 1 unspecified atom stereocenters. The van der Waals surface area contributed by atoms with Gasteiger partial charge in [-0.3, -0.25) is 0 Å². The Kier molecular flexibility index (Phi) is 10.1. The van der Waals surface area contributed by atoms with Gasteiger partial charge in [-0.2, -0.15) is 0 Å². The number of anilines is 1. The molecule has 1 saturated heterocycles. The third kappa shape index (κ3) is 8.15. The molecule has 1 fully saturated rings. The van der Waals surface area contributed by atoms with Crippen LogP contribution in [0.3, 0.4) is 0 Å². The van der Waals surface area contributed by atoms with Gasteiger partial charge in [0.05, 0.1) is 12.8 Å². The SMILES string of the molecule is COc1ccc(COc2ccccc2-c2cc(C3CCCN(C(=O)OCc4ccccc4)C3)c(C(=O)OC(C)(C)C)c(N)n2)cc1. The predicted molar refractivity (Wildman–Crippen MR) is 177 cm³/mol. The van der Waals surface area contributed by atoms with Gasteiger partial charge in [-0.1, -0.05) is 54.6 Å². The lowest BCUT2D eigenvalue weighted by Crippen LogP contribution is -2.40. The Morgan fingerprint density at radius 2 is 1.63 bits per heavy atom. The zero-order chi connectivity index (χ0) is 32.7. The van der Waals surface area contributed by atoms with E-state index in [-0.39, 0.29) is 23.9 Å². The lowest BCUT2D eigenvalue weighted by atomic mass is 9.87. The van der Waals surface area contributed by atoms with Gasteiger partial charge in [0.1, 0.15) is 41.7 Å². The number of nitrogens with zero attached hydrogens (tertiary/aromatic N) is 2. The number of rotatable bonds is 9. The Bertz CT molecular complexity index is 1650. The van der Waals surface area contributed by atoms with Gasteiger partial charge in [-0.25, -0.2) is 14.6 Å². The first-order chi connectivity index (χ1) is 22.1. The summed E-state index contributed by atoms with van der Waals surface area (Å²) in [5.41, 5.74) is 9.92. The van der Waals surface area contributed by atoms with Crippen LogP contribution in [0.15, 0.2) is 84.9 Å². The molecule has 0 aliphatic carbocycles. The number of para-hydroxylation sites is 1. The van der Waals surface area contributed by atoms with Crippen molar-refractivity contribution in [1.82, 2.24) is 9.88 Å². The van der Waals surface area contributed by atoms with E-state index in [1.54, 1.807) is 12.0 Å². The van der Waals surface area contributed by atoms with E-state index in [2.05, 4.69) is 4.98 Å². The number of pyridine rings is 1. The highest BCUT2D eigenvalue weighted by Gasteiger charge is 2.32. The second-order valence-electron chi connectivity index (χ2n) is 12.3. The fraction of sp³-hybridized carbons (Fsp3) is 0.324. The van der Waals surface area contributed by atoms with Gasteiger partial charge in [0.2, 0.25) is 0 Å².